The van der Waals surface area contributed by atoms with Crippen LogP contribution in [0.15, 0.2) is 34.9 Å². The van der Waals surface area contributed by atoms with Gasteiger partial charge in [-0.05, 0) is 24.1 Å². The van der Waals surface area contributed by atoms with Gasteiger partial charge in [0, 0.05) is 0 Å². The van der Waals surface area contributed by atoms with E-state index in [-0.39, 0.29) is 30.7 Å². The first-order valence-electron chi connectivity index (χ1n) is 6.01. The number of benzene rings is 1. The molecule has 2 rings (SSSR count). The van der Waals surface area contributed by atoms with E-state index in [1.807, 2.05) is 30.3 Å². The van der Waals surface area contributed by atoms with Gasteiger partial charge in [0.05, 0.1) is 12.6 Å². The van der Waals surface area contributed by atoms with Crippen molar-refractivity contribution in [3.63, 3.8) is 0 Å². The van der Waals surface area contributed by atoms with E-state index in [1.54, 1.807) is 6.92 Å². The monoisotopic (exact) mass is 297 g/mol. The maximum Gasteiger partial charge on any atom is 0.379 e. The third-order valence-electron chi connectivity index (χ3n) is 2.52. The number of hydrogen-bond donors (Lipinski definition) is 1. The molecular formula is C13H16ClN3O3. The molecule has 0 fully saturated rings. The number of halogens is 1. The van der Waals surface area contributed by atoms with Gasteiger partial charge in [0.25, 0.3) is 5.82 Å². The van der Waals surface area contributed by atoms with E-state index in [0.717, 1.165) is 5.56 Å². The van der Waals surface area contributed by atoms with E-state index in [2.05, 4.69) is 10.1 Å². The summed E-state index contributed by atoms with van der Waals surface area (Å²) in [5.74, 6) is -0.475. The molecule has 0 radical (unpaired) electrons. The zero-order chi connectivity index (χ0) is 13.7. The van der Waals surface area contributed by atoms with E-state index in [9.17, 15) is 4.79 Å². The normalized spacial score (nSPS) is 11.5. The smallest absolute Gasteiger partial charge is 0.379 e. The van der Waals surface area contributed by atoms with Gasteiger partial charge in [-0.25, -0.2) is 4.79 Å². The van der Waals surface area contributed by atoms with Crippen LogP contribution in [0.2, 0.25) is 0 Å². The van der Waals surface area contributed by atoms with Crippen molar-refractivity contribution in [2.24, 2.45) is 5.73 Å². The summed E-state index contributed by atoms with van der Waals surface area (Å²) in [6.07, 6.45) is 0.561. The lowest BCUT2D eigenvalue weighted by molar-refractivity contribution is 0.0508. The average molecular weight is 298 g/mol. The lowest BCUT2D eigenvalue weighted by atomic mass is 10.1. The molecule has 0 aliphatic rings. The number of carbonyl (C=O) groups excluding carboxylic acids is 1. The first-order chi connectivity index (χ1) is 9.20. The topological polar surface area (TPSA) is 91.2 Å². The number of esters is 1. The highest BCUT2D eigenvalue weighted by atomic mass is 35.5. The molecule has 1 aromatic heterocycles. The first kappa shape index (κ1) is 16.1. The molecule has 7 heteroatoms. The summed E-state index contributed by atoms with van der Waals surface area (Å²) in [4.78, 5) is 15.3. The maximum atomic E-state index is 11.4. The summed E-state index contributed by atoms with van der Waals surface area (Å²) in [5.41, 5.74) is 7.03. The Hall–Kier alpha value is -1.92. The fourth-order valence-corrected chi connectivity index (χ4v) is 1.62. The van der Waals surface area contributed by atoms with Crippen LogP contribution in [0, 0.1) is 0 Å². The van der Waals surface area contributed by atoms with Gasteiger partial charge in [-0.15, -0.1) is 12.4 Å². The van der Waals surface area contributed by atoms with Crippen molar-refractivity contribution in [1.82, 2.24) is 10.1 Å². The molecule has 0 amide bonds. The molecule has 1 heterocycles. The van der Waals surface area contributed by atoms with Crippen molar-refractivity contribution >= 4 is 18.4 Å². The fraction of sp³-hybridized carbons (Fsp3) is 0.308. The van der Waals surface area contributed by atoms with Crippen LogP contribution in [0.1, 0.15) is 35.0 Å². The van der Waals surface area contributed by atoms with Crippen LogP contribution in [-0.4, -0.2) is 22.7 Å². The van der Waals surface area contributed by atoms with Crippen LogP contribution in [0.4, 0.5) is 0 Å². The van der Waals surface area contributed by atoms with Crippen molar-refractivity contribution in [2.75, 3.05) is 6.61 Å². The SMILES string of the molecule is CCOC(=O)c1noc(C(N)Cc2ccccc2)n1.Cl. The highest BCUT2D eigenvalue weighted by Crippen LogP contribution is 2.14. The van der Waals surface area contributed by atoms with Gasteiger partial charge in [0.15, 0.2) is 0 Å². The second-order valence-corrected chi connectivity index (χ2v) is 3.97. The van der Waals surface area contributed by atoms with Crippen LogP contribution < -0.4 is 5.73 Å². The third-order valence-corrected chi connectivity index (χ3v) is 2.52. The van der Waals surface area contributed by atoms with Crippen LogP contribution in [0.3, 0.4) is 0 Å². The molecule has 0 spiro atoms. The Labute approximate surface area is 122 Å². The van der Waals surface area contributed by atoms with Gasteiger partial charge in [-0.3, -0.25) is 0 Å². The standard InChI is InChI=1S/C13H15N3O3.ClH/c1-2-18-13(17)11-15-12(19-16-11)10(14)8-9-6-4-3-5-7-9;/h3-7,10H,2,8,14H2,1H3;1H. The van der Waals surface area contributed by atoms with E-state index in [0.29, 0.717) is 6.42 Å². The van der Waals surface area contributed by atoms with Gasteiger partial charge in [-0.2, -0.15) is 4.98 Å². The van der Waals surface area contributed by atoms with Gasteiger partial charge in [0.2, 0.25) is 5.89 Å². The van der Waals surface area contributed by atoms with Crippen molar-refractivity contribution in [2.45, 2.75) is 19.4 Å². The zero-order valence-electron chi connectivity index (χ0n) is 11.0. The molecule has 6 nitrogen and oxygen atoms in total. The number of rotatable bonds is 5. The molecule has 1 unspecified atom stereocenters. The molecular weight excluding hydrogens is 282 g/mol. The minimum absolute atomic E-state index is 0. The minimum atomic E-state index is -0.607. The summed E-state index contributed by atoms with van der Waals surface area (Å²) in [5, 5.41) is 3.56. The van der Waals surface area contributed by atoms with Gasteiger partial charge in [0.1, 0.15) is 0 Å². The Morgan fingerprint density at radius 2 is 2.10 bits per heavy atom. The Balaban J connectivity index is 0.00000200. The molecule has 0 saturated carbocycles. The number of nitrogens with zero attached hydrogens (tertiary/aromatic N) is 2. The number of carbonyl (C=O) groups is 1. The summed E-state index contributed by atoms with van der Waals surface area (Å²) in [6, 6.07) is 9.27. The van der Waals surface area contributed by atoms with E-state index >= 15 is 0 Å². The predicted octanol–water partition coefficient (Wildman–Crippen LogP) is 1.91. The zero-order valence-corrected chi connectivity index (χ0v) is 11.8. The number of ether oxygens (including phenoxy) is 1. The highest BCUT2D eigenvalue weighted by molar-refractivity contribution is 5.85. The second kappa shape index (κ2) is 7.62. The van der Waals surface area contributed by atoms with Crippen molar-refractivity contribution in [3.05, 3.63) is 47.6 Å². The molecule has 20 heavy (non-hydrogen) atoms. The second-order valence-electron chi connectivity index (χ2n) is 3.97. The highest BCUT2D eigenvalue weighted by Gasteiger charge is 2.19. The first-order valence-corrected chi connectivity index (χ1v) is 6.01. The number of nitrogens with two attached hydrogens (primary N) is 1. The van der Waals surface area contributed by atoms with Crippen LogP contribution >= 0.6 is 12.4 Å². The molecule has 108 valence electrons. The number of aromatic nitrogens is 2. The molecule has 1 atom stereocenters. The van der Waals surface area contributed by atoms with Gasteiger partial charge >= 0.3 is 5.97 Å². The molecule has 2 aromatic rings. The fourth-order valence-electron chi connectivity index (χ4n) is 1.62. The Kier molecular flexibility index (Phi) is 6.14. The minimum Gasteiger partial charge on any atom is -0.460 e. The van der Waals surface area contributed by atoms with Crippen LogP contribution in [0.5, 0.6) is 0 Å². The van der Waals surface area contributed by atoms with Crippen molar-refractivity contribution < 1.29 is 14.1 Å². The van der Waals surface area contributed by atoms with E-state index in [4.69, 9.17) is 15.0 Å². The van der Waals surface area contributed by atoms with Gasteiger partial charge in [-0.1, -0.05) is 30.3 Å². The van der Waals surface area contributed by atoms with Crippen molar-refractivity contribution in [3.8, 4) is 0 Å². The quantitative estimate of drug-likeness (QED) is 0.848. The van der Waals surface area contributed by atoms with Gasteiger partial charge < -0.3 is 15.0 Å². The molecule has 0 saturated heterocycles. The summed E-state index contributed by atoms with van der Waals surface area (Å²) >= 11 is 0. The van der Waals surface area contributed by atoms with Crippen LogP contribution in [0.25, 0.3) is 0 Å². The Bertz CT molecular complexity index is 545. The molecule has 0 aliphatic heterocycles. The average Bonchev–Trinajstić information content (AvgIpc) is 2.90. The van der Waals surface area contributed by atoms with E-state index in [1.165, 1.54) is 0 Å². The Morgan fingerprint density at radius 3 is 2.75 bits per heavy atom. The number of hydrogen-bond acceptors (Lipinski definition) is 6. The largest absolute Gasteiger partial charge is 0.460 e. The maximum absolute atomic E-state index is 11.4. The molecule has 1 aromatic carbocycles. The Morgan fingerprint density at radius 1 is 1.40 bits per heavy atom. The van der Waals surface area contributed by atoms with Crippen LogP contribution in [-0.2, 0) is 11.2 Å². The molecule has 2 N–H and O–H groups in total. The van der Waals surface area contributed by atoms with Crippen molar-refractivity contribution in [1.29, 1.82) is 0 Å². The lowest BCUT2D eigenvalue weighted by Crippen LogP contribution is -2.14. The van der Waals surface area contributed by atoms with E-state index < -0.39 is 12.0 Å². The predicted molar refractivity (Wildman–Crippen MR) is 74.6 cm³/mol. The lowest BCUT2D eigenvalue weighted by Gasteiger charge is -2.05. The summed E-state index contributed by atoms with van der Waals surface area (Å²) < 4.78 is 9.75. The third kappa shape index (κ3) is 4.04. The molecule has 0 bridgehead atoms. The molecule has 0 aliphatic carbocycles. The summed E-state index contributed by atoms with van der Waals surface area (Å²) in [7, 11) is 0. The summed E-state index contributed by atoms with van der Waals surface area (Å²) in [6.45, 7) is 1.97.